The van der Waals surface area contributed by atoms with Crippen molar-refractivity contribution in [3.05, 3.63) is 52.1 Å². The van der Waals surface area contributed by atoms with Crippen LogP contribution in [0, 0.1) is 10.1 Å². The molecule has 0 saturated carbocycles. The van der Waals surface area contributed by atoms with Crippen LogP contribution in [0.25, 0.3) is 0 Å². The third-order valence-corrected chi connectivity index (χ3v) is 4.34. The van der Waals surface area contributed by atoms with E-state index in [1.807, 2.05) is 0 Å². The lowest BCUT2D eigenvalue weighted by molar-refractivity contribution is -0.384. The molecular weight excluding hydrogens is 364 g/mol. The summed E-state index contributed by atoms with van der Waals surface area (Å²) < 4.78 is 27.6. The van der Waals surface area contributed by atoms with E-state index in [4.69, 9.17) is 9.88 Å². The van der Waals surface area contributed by atoms with Gasteiger partial charge in [-0.2, -0.15) is 5.10 Å². The Morgan fingerprint density at radius 1 is 1.31 bits per heavy atom. The van der Waals surface area contributed by atoms with Crippen LogP contribution in [0.5, 0.6) is 11.5 Å². The number of aromatic hydroxyl groups is 1. The topological polar surface area (TPSA) is 157 Å². The summed E-state index contributed by atoms with van der Waals surface area (Å²) in [4.78, 5) is 10.0. The molecule has 0 fully saturated rings. The number of phenolic OH excluding ortho intramolecular Hbond substituents is 1. The minimum atomic E-state index is -4.08. The number of benzene rings is 2. The van der Waals surface area contributed by atoms with E-state index in [1.165, 1.54) is 19.2 Å². The van der Waals surface area contributed by atoms with Crippen LogP contribution in [-0.4, -0.2) is 31.3 Å². The minimum absolute atomic E-state index is 0.0326. The van der Waals surface area contributed by atoms with Gasteiger partial charge in [0.1, 0.15) is 17.2 Å². The van der Waals surface area contributed by atoms with Gasteiger partial charge in [-0.1, -0.05) is 0 Å². The van der Waals surface area contributed by atoms with E-state index in [9.17, 15) is 23.6 Å². The van der Waals surface area contributed by atoms with Gasteiger partial charge < -0.3 is 9.84 Å². The average Bonchev–Trinajstić information content (AvgIpc) is 2.58. The maximum atomic E-state index is 11.3. The van der Waals surface area contributed by atoms with E-state index < -0.39 is 20.6 Å². The largest absolute Gasteiger partial charge is 0.507 e. The Bertz CT molecular complexity index is 988. The molecule has 0 bridgehead atoms. The predicted octanol–water partition coefficient (Wildman–Crippen LogP) is 1.79. The fourth-order valence-electron chi connectivity index (χ4n) is 2.08. The van der Waals surface area contributed by atoms with E-state index in [1.54, 1.807) is 19.1 Å². The predicted molar refractivity (Wildman–Crippen MR) is 95.0 cm³/mol. The molecule has 0 aliphatic rings. The summed E-state index contributed by atoms with van der Waals surface area (Å²) in [6, 6.07) is 7.75. The summed E-state index contributed by atoms with van der Waals surface area (Å²) in [5.41, 5.74) is 2.69. The van der Waals surface area contributed by atoms with Crippen LogP contribution in [0.1, 0.15) is 12.5 Å². The van der Waals surface area contributed by atoms with Crippen molar-refractivity contribution in [2.75, 3.05) is 12.5 Å². The zero-order valence-electron chi connectivity index (χ0n) is 13.8. The van der Waals surface area contributed by atoms with Crippen LogP contribution >= 0.6 is 0 Å². The Balaban J connectivity index is 2.36. The van der Waals surface area contributed by atoms with Crippen molar-refractivity contribution in [3.63, 3.8) is 0 Å². The van der Waals surface area contributed by atoms with Crippen molar-refractivity contribution in [2.24, 2.45) is 10.2 Å². The number of hydrazone groups is 1. The van der Waals surface area contributed by atoms with Gasteiger partial charge in [0.25, 0.3) is 5.69 Å². The number of hydrogen-bond donors (Lipinski definition) is 3. The highest BCUT2D eigenvalue weighted by molar-refractivity contribution is 7.89. The van der Waals surface area contributed by atoms with Gasteiger partial charge in [-0.15, -0.1) is 0 Å². The Morgan fingerprint density at radius 2 is 2.00 bits per heavy atom. The lowest BCUT2D eigenvalue weighted by atomic mass is 10.1. The highest BCUT2D eigenvalue weighted by Gasteiger charge is 2.19. The van der Waals surface area contributed by atoms with E-state index in [-0.39, 0.29) is 16.3 Å². The number of anilines is 1. The molecular formula is C15H16N4O6S. The second-order valence-electron chi connectivity index (χ2n) is 5.17. The smallest absolute Gasteiger partial charge is 0.295 e. The fraction of sp³-hybridized carbons (Fsp3) is 0.133. The van der Waals surface area contributed by atoms with Crippen molar-refractivity contribution >= 4 is 27.1 Å². The third kappa shape index (κ3) is 4.26. The number of primary sulfonamides is 1. The molecule has 0 radical (unpaired) electrons. The van der Waals surface area contributed by atoms with E-state index >= 15 is 0 Å². The number of phenols is 1. The standard InChI is InChI=1S/C15H16N4O6S/c1-9(12-5-3-10(25-2)7-15(12)20)17-18-13-6-4-11(26(16,23)24)8-14(13)19(21)22/h3-8,18,20H,1-2H3,(H2,16,23,24)/b17-9+. The molecule has 0 unspecified atom stereocenters. The van der Waals surface area contributed by atoms with Crippen molar-refractivity contribution in [1.82, 2.24) is 0 Å². The zero-order valence-corrected chi connectivity index (χ0v) is 14.6. The Kier molecular flexibility index (Phi) is 5.43. The van der Waals surface area contributed by atoms with Gasteiger partial charge in [0.05, 0.1) is 22.6 Å². The monoisotopic (exact) mass is 380 g/mol. The first kappa shape index (κ1) is 19.1. The molecule has 11 heteroatoms. The molecule has 26 heavy (non-hydrogen) atoms. The molecule has 0 spiro atoms. The molecule has 2 rings (SSSR count). The number of hydrogen-bond acceptors (Lipinski definition) is 8. The van der Waals surface area contributed by atoms with Gasteiger partial charge in [0.2, 0.25) is 10.0 Å². The molecule has 0 aromatic heterocycles. The number of nitro benzene ring substituents is 1. The van der Waals surface area contributed by atoms with Crippen LogP contribution < -0.4 is 15.3 Å². The van der Waals surface area contributed by atoms with Crippen LogP contribution in [0.3, 0.4) is 0 Å². The van der Waals surface area contributed by atoms with Crippen molar-refractivity contribution < 1.29 is 23.2 Å². The lowest BCUT2D eigenvalue weighted by Crippen LogP contribution is -2.12. The molecule has 0 aliphatic heterocycles. The second-order valence-corrected chi connectivity index (χ2v) is 6.73. The highest BCUT2D eigenvalue weighted by Crippen LogP contribution is 2.28. The number of nitrogens with two attached hydrogens (primary N) is 1. The van der Waals surface area contributed by atoms with E-state index in [0.29, 0.717) is 17.0 Å². The SMILES string of the molecule is COc1ccc(/C(C)=N/Nc2ccc(S(N)(=O)=O)cc2[N+](=O)[O-])c(O)c1. The van der Waals surface area contributed by atoms with Crippen LogP contribution in [0.4, 0.5) is 11.4 Å². The van der Waals surface area contributed by atoms with Gasteiger partial charge in [0, 0.05) is 17.7 Å². The van der Waals surface area contributed by atoms with Crippen molar-refractivity contribution in [3.8, 4) is 11.5 Å². The molecule has 0 heterocycles. The summed E-state index contributed by atoms with van der Waals surface area (Å²) in [7, 11) is -2.62. The second kappa shape index (κ2) is 7.37. The Morgan fingerprint density at radius 3 is 2.54 bits per heavy atom. The van der Waals surface area contributed by atoms with Crippen molar-refractivity contribution in [2.45, 2.75) is 11.8 Å². The molecule has 0 amide bonds. The van der Waals surface area contributed by atoms with Gasteiger partial charge in [0.15, 0.2) is 0 Å². The molecule has 0 atom stereocenters. The molecule has 4 N–H and O–H groups in total. The van der Waals surface area contributed by atoms with Gasteiger partial charge in [-0.05, 0) is 31.2 Å². The summed E-state index contributed by atoms with van der Waals surface area (Å²) in [6.07, 6.45) is 0. The third-order valence-electron chi connectivity index (χ3n) is 3.43. The molecule has 10 nitrogen and oxygen atoms in total. The van der Waals surface area contributed by atoms with E-state index in [0.717, 1.165) is 12.1 Å². The van der Waals surface area contributed by atoms with Gasteiger partial charge in [-0.3, -0.25) is 15.5 Å². The number of nitrogens with zero attached hydrogens (tertiary/aromatic N) is 2. The number of methoxy groups -OCH3 is 1. The maximum Gasteiger partial charge on any atom is 0.295 e. The Labute approximate surface area is 149 Å². The molecule has 2 aromatic rings. The minimum Gasteiger partial charge on any atom is -0.507 e. The number of nitro groups is 1. The quantitative estimate of drug-likeness (QED) is 0.391. The summed E-state index contributed by atoms with van der Waals surface area (Å²) in [5.74, 6) is 0.382. The summed E-state index contributed by atoms with van der Waals surface area (Å²) in [6.45, 7) is 1.58. The average molecular weight is 380 g/mol. The molecule has 138 valence electrons. The fourth-order valence-corrected chi connectivity index (χ4v) is 2.62. The van der Waals surface area contributed by atoms with Gasteiger partial charge >= 0.3 is 0 Å². The number of ether oxygens (including phenoxy) is 1. The molecule has 0 aliphatic carbocycles. The zero-order chi connectivity index (χ0) is 19.5. The van der Waals surface area contributed by atoms with Crippen LogP contribution in [-0.2, 0) is 10.0 Å². The maximum absolute atomic E-state index is 11.3. The first-order valence-electron chi connectivity index (χ1n) is 7.12. The number of sulfonamides is 1. The van der Waals surface area contributed by atoms with E-state index in [2.05, 4.69) is 10.5 Å². The van der Waals surface area contributed by atoms with Crippen LogP contribution in [0.2, 0.25) is 0 Å². The number of nitrogens with one attached hydrogen (secondary N) is 1. The summed E-state index contributed by atoms with van der Waals surface area (Å²) >= 11 is 0. The Hall–Kier alpha value is -3.18. The highest BCUT2D eigenvalue weighted by atomic mass is 32.2. The molecule has 0 saturated heterocycles. The van der Waals surface area contributed by atoms with Crippen molar-refractivity contribution in [1.29, 1.82) is 0 Å². The lowest BCUT2D eigenvalue weighted by Gasteiger charge is -2.08. The first-order valence-corrected chi connectivity index (χ1v) is 8.67. The normalized spacial score (nSPS) is 11.9. The summed E-state index contributed by atoms with van der Waals surface area (Å²) in [5, 5.41) is 30.1. The first-order chi connectivity index (χ1) is 12.1. The van der Waals surface area contributed by atoms with Gasteiger partial charge in [-0.25, -0.2) is 13.6 Å². The molecule has 2 aromatic carbocycles. The van der Waals surface area contributed by atoms with Crippen LogP contribution in [0.15, 0.2) is 46.4 Å². The number of rotatable bonds is 6.